The number of carboxylic acids is 2. The zero-order valence-electron chi connectivity index (χ0n) is 31.8. The summed E-state index contributed by atoms with van der Waals surface area (Å²) in [5.41, 5.74) is 10.5. The van der Waals surface area contributed by atoms with Crippen LogP contribution < -0.4 is 16.0 Å². The van der Waals surface area contributed by atoms with Gasteiger partial charge in [-0.1, -0.05) is 43.3 Å². The van der Waals surface area contributed by atoms with Crippen molar-refractivity contribution in [3.8, 4) is 11.3 Å². The number of nitrogens with two attached hydrogens (primary N) is 1. The number of ether oxygens (including phenoxy) is 1. The zero-order valence-corrected chi connectivity index (χ0v) is 31.8. The molecule has 3 aromatic carbocycles. The molecule has 5 N–H and O–H groups in total. The molecule has 1 atom stereocenters. The number of halogens is 7. The Bertz CT molecular complexity index is 2220. The van der Waals surface area contributed by atoms with E-state index in [1.165, 1.54) is 0 Å². The molecule has 0 saturated carbocycles. The van der Waals surface area contributed by atoms with Gasteiger partial charge in [-0.25, -0.2) is 23.9 Å². The van der Waals surface area contributed by atoms with Crippen molar-refractivity contribution < 1.29 is 60.1 Å². The zero-order chi connectivity index (χ0) is 43.7. The number of aryl methyl sites for hydroxylation is 1. The Morgan fingerprint density at radius 2 is 1.54 bits per heavy atom. The first-order valence-electron chi connectivity index (χ1n) is 17.7. The van der Waals surface area contributed by atoms with Crippen LogP contribution in [0.25, 0.3) is 22.0 Å². The molecule has 13 nitrogen and oxygen atoms in total. The Morgan fingerprint density at radius 3 is 2.10 bits per heavy atom. The highest BCUT2D eigenvalue weighted by Gasteiger charge is 2.39. The van der Waals surface area contributed by atoms with Gasteiger partial charge in [0.05, 0.1) is 24.6 Å². The maximum absolute atomic E-state index is 16.9. The van der Waals surface area contributed by atoms with E-state index >= 15 is 4.39 Å². The number of nitrogens with one attached hydrogen (secondary N) is 1. The number of anilines is 3. The molecular weight excluding hydrogens is 795 g/mol. The Hall–Kier alpha value is -6.44. The molecule has 5 aromatic rings. The van der Waals surface area contributed by atoms with Crippen molar-refractivity contribution in [2.24, 2.45) is 0 Å². The number of fused-ring (bicyclic) bond motifs is 1. The van der Waals surface area contributed by atoms with Crippen molar-refractivity contribution in [3.63, 3.8) is 0 Å². The number of amides is 1. The maximum atomic E-state index is 16.9. The van der Waals surface area contributed by atoms with E-state index in [0.717, 1.165) is 34.0 Å². The summed E-state index contributed by atoms with van der Waals surface area (Å²) in [6.07, 6.45) is -5.90. The number of alkyl halides is 6. The van der Waals surface area contributed by atoms with Gasteiger partial charge in [0.1, 0.15) is 24.2 Å². The number of hydrogen-bond acceptors (Lipinski definition) is 9. The molecule has 0 radical (unpaired) electrons. The van der Waals surface area contributed by atoms with E-state index in [9.17, 15) is 31.1 Å². The van der Waals surface area contributed by atoms with Crippen molar-refractivity contribution in [2.45, 2.75) is 38.3 Å². The average molecular weight is 836 g/mol. The standard InChI is InChI=1S/C35H38FN7O2.2C2HF3O2/c1-4-23-18-28(32(36)30(19-23)42-14-16-45-17-15-42)33(39-26-10-11-27-25(20-26)12-13-38-34(27)37)35-40-29(24-8-6-5-7-9-24)21-43(35)22-31(44)41(2)3;2*3-2(4,5)1(6)7/h5-13,18-21,33,39H,4,14-17,22H2,1-3H3,(H2,37,38);2*(H,6,7). The molecule has 0 aliphatic carbocycles. The van der Waals surface area contributed by atoms with E-state index in [1.807, 2.05) is 82.4 Å². The summed E-state index contributed by atoms with van der Waals surface area (Å²) in [4.78, 5) is 43.8. The SMILES string of the molecule is CCc1cc(C(Nc2ccc3c(N)nccc3c2)c2nc(-c3ccccc3)cn2CC(=O)N(C)C)c(F)c(N2CCOCC2)c1.O=C(O)C(F)(F)F.O=C(O)C(F)(F)F. The molecule has 1 fully saturated rings. The minimum Gasteiger partial charge on any atom is -0.475 e. The van der Waals surface area contributed by atoms with Gasteiger partial charge in [0.25, 0.3) is 0 Å². The summed E-state index contributed by atoms with van der Waals surface area (Å²) < 4.78 is 87.8. The fourth-order valence-corrected chi connectivity index (χ4v) is 5.70. The molecule has 2 aromatic heterocycles. The Morgan fingerprint density at radius 1 is 0.932 bits per heavy atom. The van der Waals surface area contributed by atoms with Gasteiger partial charge in [0, 0.05) is 61.8 Å². The molecule has 1 amide bonds. The third-order valence-corrected chi connectivity index (χ3v) is 8.74. The number of rotatable bonds is 9. The summed E-state index contributed by atoms with van der Waals surface area (Å²) in [6, 6.07) is 20.6. The summed E-state index contributed by atoms with van der Waals surface area (Å²) >= 11 is 0. The first-order chi connectivity index (χ1) is 27.7. The van der Waals surface area contributed by atoms with E-state index in [4.69, 9.17) is 35.3 Å². The van der Waals surface area contributed by atoms with Gasteiger partial charge in [-0.05, 0) is 47.7 Å². The first kappa shape index (κ1) is 45.3. The van der Waals surface area contributed by atoms with Crippen molar-refractivity contribution >= 4 is 45.8 Å². The predicted octanol–water partition coefficient (Wildman–Crippen LogP) is 6.77. The molecular formula is C39H40F7N7O6. The van der Waals surface area contributed by atoms with Crippen LogP contribution in [0.3, 0.4) is 0 Å². The number of pyridine rings is 1. The molecule has 1 unspecified atom stereocenters. The fraction of sp³-hybridized carbons (Fsp3) is 0.308. The van der Waals surface area contributed by atoms with Crippen molar-refractivity contribution in [1.82, 2.24) is 19.4 Å². The third-order valence-electron chi connectivity index (χ3n) is 8.74. The fourth-order valence-electron chi connectivity index (χ4n) is 5.70. The number of benzene rings is 3. The molecule has 3 heterocycles. The number of aromatic nitrogens is 3. The number of aliphatic carboxylic acids is 2. The van der Waals surface area contributed by atoms with Crippen LogP contribution in [0.15, 0.2) is 79.1 Å². The highest BCUT2D eigenvalue weighted by molar-refractivity contribution is 5.93. The first-order valence-corrected chi connectivity index (χ1v) is 17.7. The number of nitrogens with zero attached hydrogens (tertiary/aromatic N) is 5. The van der Waals surface area contributed by atoms with Crippen LogP contribution in [0.2, 0.25) is 0 Å². The van der Waals surface area contributed by atoms with Gasteiger partial charge in [-0.2, -0.15) is 26.3 Å². The summed E-state index contributed by atoms with van der Waals surface area (Å²) in [6.45, 7) is 4.40. The van der Waals surface area contributed by atoms with Crippen LogP contribution in [-0.4, -0.2) is 100 Å². The normalized spacial score (nSPS) is 13.4. The number of imidazole rings is 1. The lowest BCUT2D eigenvalue weighted by atomic mass is 9.98. The number of likely N-dealkylation sites (N-methyl/N-ethyl adjacent to an activating group) is 1. The smallest absolute Gasteiger partial charge is 0.475 e. The summed E-state index contributed by atoms with van der Waals surface area (Å²) in [7, 11) is 3.45. The minimum absolute atomic E-state index is 0.0473. The van der Waals surface area contributed by atoms with Gasteiger partial charge >= 0.3 is 24.3 Å². The van der Waals surface area contributed by atoms with E-state index < -0.39 is 30.3 Å². The quantitative estimate of drug-likeness (QED) is 0.115. The van der Waals surface area contributed by atoms with Crippen LogP contribution in [0.1, 0.15) is 29.9 Å². The number of carbonyl (C=O) groups is 3. The lowest BCUT2D eigenvalue weighted by molar-refractivity contribution is -0.193. The molecule has 0 bridgehead atoms. The van der Waals surface area contributed by atoms with E-state index in [2.05, 4.69) is 17.2 Å². The molecule has 1 saturated heterocycles. The van der Waals surface area contributed by atoms with Crippen molar-refractivity contribution in [2.75, 3.05) is 56.3 Å². The van der Waals surface area contributed by atoms with Gasteiger partial charge < -0.3 is 40.4 Å². The Labute approximate surface area is 332 Å². The maximum Gasteiger partial charge on any atom is 0.490 e. The highest BCUT2D eigenvalue weighted by Crippen LogP contribution is 2.36. The third kappa shape index (κ3) is 12.0. The van der Waals surface area contributed by atoms with Gasteiger partial charge in [-0.15, -0.1) is 0 Å². The van der Waals surface area contributed by atoms with E-state index in [0.29, 0.717) is 54.9 Å². The minimum atomic E-state index is -5.08. The number of carbonyl (C=O) groups excluding carboxylic acids is 1. The topological polar surface area (TPSA) is 176 Å². The van der Waals surface area contributed by atoms with Gasteiger partial charge in [0.15, 0.2) is 5.82 Å². The van der Waals surface area contributed by atoms with Crippen LogP contribution in [0.5, 0.6) is 0 Å². The molecule has 0 spiro atoms. The van der Waals surface area contributed by atoms with E-state index in [-0.39, 0.29) is 18.3 Å². The lowest BCUT2D eigenvalue weighted by Gasteiger charge is -2.31. The van der Waals surface area contributed by atoms with Gasteiger partial charge in [-0.3, -0.25) is 4.79 Å². The van der Waals surface area contributed by atoms with Gasteiger partial charge in [0.2, 0.25) is 5.91 Å². The molecule has 20 heteroatoms. The predicted molar refractivity (Wildman–Crippen MR) is 204 cm³/mol. The average Bonchev–Trinajstić information content (AvgIpc) is 3.61. The second-order valence-electron chi connectivity index (χ2n) is 13.1. The lowest BCUT2D eigenvalue weighted by Crippen LogP contribution is -2.37. The van der Waals surface area contributed by atoms with Crippen molar-refractivity contribution in [1.29, 1.82) is 0 Å². The number of hydrogen-bond donors (Lipinski definition) is 4. The Kier molecular flexibility index (Phi) is 14.8. The second-order valence-corrected chi connectivity index (χ2v) is 13.1. The number of carboxylic acid groups (broad SMARTS) is 2. The summed E-state index contributed by atoms with van der Waals surface area (Å²) in [5, 5.41) is 19.6. The monoisotopic (exact) mass is 835 g/mol. The van der Waals surface area contributed by atoms with Crippen molar-refractivity contribution in [3.05, 3.63) is 102 Å². The Balaban J connectivity index is 0.000000471. The molecule has 6 rings (SSSR count). The van der Waals surface area contributed by atoms with Crippen LogP contribution in [-0.2, 0) is 32.1 Å². The summed E-state index contributed by atoms with van der Waals surface area (Å²) in [5.74, 6) is -4.97. The second kappa shape index (κ2) is 19.3. The molecule has 1 aliphatic rings. The van der Waals surface area contributed by atoms with Crippen LogP contribution >= 0.6 is 0 Å². The van der Waals surface area contributed by atoms with Crippen LogP contribution in [0, 0.1) is 5.82 Å². The molecule has 316 valence electrons. The highest BCUT2D eigenvalue weighted by atomic mass is 19.4. The number of nitrogen functional groups attached to an aromatic ring is 1. The van der Waals surface area contributed by atoms with Crippen LogP contribution in [0.4, 0.5) is 47.9 Å². The molecule has 59 heavy (non-hydrogen) atoms. The molecule has 1 aliphatic heterocycles. The van der Waals surface area contributed by atoms with E-state index in [1.54, 1.807) is 25.2 Å². The number of morpholine rings is 1. The largest absolute Gasteiger partial charge is 0.490 e.